The van der Waals surface area contributed by atoms with Gasteiger partial charge in [0.1, 0.15) is 5.69 Å². The zero-order valence-corrected chi connectivity index (χ0v) is 8.57. The van der Waals surface area contributed by atoms with Crippen LogP contribution in [0.4, 0.5) is 11.5 Å². The van der Waals surface area contributed by atoms with Crippen LogP contribution in [0.15, 0.2) is 9.95 Å². The number of aromatic amines is 1. The van der Waals surface area contributed by atoms with Crippen molar-refractivity contribution in [2.75, 3.05) is 17.3 Å². The lowest BCUT2D eigenvalue weighted by molar-refractivity contribution is -0.114. The summed E-state index contributed by atoms with van der Waals surface area (Å²) in [6.45, 7) is 1.29. The van der Waals surface area contributed by atoms with Gasteiger partial charge in [-0.25, -0.2) is 4.98 Å². The Morgan fingerprint density at radius 2 is 2.29 bits per heavy atom. The van der Waals surface area contributed by atoms with Crippen molar-refractivity contribution in [1.29, 1.82) is 0 Å². The van der Waals surface area contributed by atoms with E-state index in [1.165, 1.54) is 18.7 Å². The zero-order chi connectivity index (χ0) is 10.7. The first-order valence-corrected chi connectivity index (χ1v) is 4.98. The molecular formula is C7H10N4O2S. The molecule has 1 rings (SSSR count). The minimum atomic E-state index is -0.447. The van der Waals surface area contributed by atoms with Gasteiger partial charge in [0.2, 0.25) is 5.91 Å². The molecule has 1 heterocycles. The first-order chi connectivity index (χ1) is 6.54. The topological polar surface area (TPSA) is 101 Å². The summed E-state index contributed by atoms with van der Waals surface area (Å²) in [6, 6.07) is 0. The number of hydrogen-bond acceptors (Lipinski definition) is 5. The van der Waals surface area contributed by atoms with E-state index >= 15 is 0 Å². The number of amides is 1. The van der Waals surface area contributed by atoms with Gasteiger partial charge < -0.3 is 11.1 Å². The van der Waals surface area contributed by atoms with E-state index in [-0.39, 0.29) is 17.4 Å². The van der Waals surface area contributed by atoms with Gasteiger partial charge in [-0.15, -0.1) is 0 Å². The summed E-state index contributed by atoms with van der Waals surface area (Å²) in [4.78, 5) is 28.4. The third-order valence-corrected chi connectivity index (χ3v) is 2.00. The molecule has 76 valence electrons. The highest BCUT2D eigenvalue weighted by Crippen LogP contribution is 2.13. The smallest absolute Gasteiger partial charge is 0.277 e. The molecule has 1 amide bonds. The molecule has 0 bridgehead atoms. The number of nitrogen functional groups attached to an aromatic ring is 1. The standard InChI is InChI=1S/C7H10N4O2S/c1-3(12)9-4-5(8)10-7(14-2)11-6(4)13/h1-2H3,(H,9,12)(H3,8,10,11,13). The maximum Gasteiger partial charge on any atom is 0.277 e. The quantitative estimate of drug-likeness (QED) is 0.476. The number of nitrogens with zero attached hydrogens (tertiary/aromatic N) is 1. The van der Waals surface area contributed by atoms with Crippen LogP contribution in [-0.2, 0) is 4.79 Å². The highest BCUT2D eigenvalue weighted by atomic mass is 32.2. The second-order valence-electron chi connectivity index (χ2n) is 2.52. The molecule has 0 saturated carbocycles. The molecule has 0 aliphatic heterocycles. The fourth-order valence-electron chi connectivity index (χ4n) is 0.863. The van der Waals surface area contributed by atoms with Gasteiger partial charge in [0.25, 0.3) is 5.56 Å². The molecule has 0 aromatic carbocycles. The molecule has 7 heteroatoms. The van der Waals surface area contributed by atoms with Crippen molar-refractivity contribution in [3.63, 3.8) is 0 Å². The highest BCUT2D eigenvalue weighted by Gasteiger charge is 2.09. The Morgan fingerprint density at radius 1 is 1.64 bits per heavy atom. The molecule has 0 unspecified atom stereocenters. The minimum absolute atomic E-state index is 0.00435. The summed E-state index contributed by atoms with van der Waals surface area (Å²) in [7, 11) is 0. The number of nitrogens with two attached hydrogens (primary N) is 1. The summed E-state index contributed by atoms with van der Waals surface area (Å²) in [5.74, 6) is -0.339. The number of carbonyl (C=O) groups excluding carboxylic acids is 1. The van der Waals surface area contributed by atoms with Crippen LogP contribution in [0.5, 0.6) is 0 Å². The molecule has 14 heavy (non-hydrogen) atoms. The van der Waals surface area contributed by atoms with Gasteiger partial charge in [-0.2, -0.15) is 0 Å². The summed E-state index contributed by atoms with van der Waals surface area (Å²) in [5.41, 5.74) is 5.04. The summed E-state index contributed by atoms with van der Waals surface area (Å²) in [5, 5.41) is 2.73. The summed E-state index contributed by atoms with van der Waals surface area (Å²) >= 11 is 1.27. The molecule has 1 aromatic rings. The molecular weight excluding hydrogens is 204 g/mol. The maximum absolute atomic E-state index is 11.4. The number of aromatic nitrogens is 2. The van der Waals surface area contributed by atoms with Crippen LogP contribution in [0.3, 0.4) is 0 Å². The highest BCUT2D eigenvalue weighted by molar-refractivity contribution is 7.98. The Balaban J connectivity index is 3.18. The molecule has 0 fully saturated rings. The van der Waals surface area contributed by atoms with Gasteiger partial charge in [-0.1, -0.05) is 11.8 Å². The largest absolute Gasteiger partial charge is 0.382 e. The summed E-state index contributed by atoms with van der Waals surface area (Å²) in [6.07, 6.45) is 1.76. The van der Waals surface area contributed by atoms with E-state index in [1.807, 2.05) is 0 Å². The molecule has 0 spiro atoms. The van der Waals surface area contributed by atoms with Crippen molar-refractivity contribution in [3.8, 4) is 0 Å². The Hall–Kier alpha value is -1.50. The fraction of sp³-hybridized carbons (Fsp3) is 0.286. The Kier molecular flexibility index (Phi) is 3.13. The molecule has 0 aliphatic rings. The second kappa shape index (κ2) is 4.14. The van der Waals surface area contributed by atoms with E-state index in [9.17, 15) is 9.59 Å². The van der Waals surface area contributed by atoms with Crippen LogP contribution in [0.1, 0.15) is 6.92 Å². The van der Waals surface area contributed by atoms with Crippen molar-refractivity contribution in [3.05, 3.63) is 10.4 Å². The average Bonchev–Trinajstić information content (AvgIpc) is 2.10. The van der Waals surface area contributed by atoms with Crippen molar-refractivity contribution < 1.29 is 4.79 Å². The van der Waals surface area contributed by atoms with E-state index in [4.69, 9.17) is 5.73 Å². The maximum atomic E-state index is 11.4. The van der Waals surface area contributed by atoms with E-state index in [0.717, 1.165) is 0 Å². The number of H-pyrrole nitrogens is 1. The van der Waals surface area contributed by atoms with Crippen molar-refractivity contribution in [2.24, 2.45) is 0 Å². The zero-order valence-electron chi connectivity index (χ0n) is 7.75. The first kappa shape index (κ1) is 10.6. The lowest BCUT2D eigenvalue weighted by atomic mass is 10.4. The Labute approximate surface area is 84.3 Å². The third-order valence-electron chi connectivity index (χ3n) is 1.42. The van der Waals surface area contributed by atoms with Crippen molar-refractivity contribution >= 4 is 29.2 Å². The number of hydrogen-bond donors (Lipinski definition) is 3. The van der Waals surface area contributed by atoms with E-state index in [2.05, 4.69) is 15.3 Å². The van der Waals surface area contributed by atoms with Crippen LogP contribution in [0.2, 0.25) is 0 Å². The lowest BCUT2D eigenvalue weighted by Gasteiger charge is -2.04. The molecule has 0 atom stereocenters. The van der Waals surface area contributed by atoms with Crippen molar-refractivity contribution in [2.45, 2.75) is 12.1 Å². The molecule has 4 N–H and O–H groups in total. The first-order valence-electron chi connectivity index (χ1n) is 3.76. The van der Waals surface area contributed by atoms with Gasteiger partial charge in [0, 0.05) is 6.92 Å². The van der Waals surface area contributed by atoms with Gasteiger partial charge in [0.15, 0.2) is 11.0 Å². The van der Waals surface area contributed by atoms with E-state index in [1.54, 1.807) is 6.26 Å². The number of anilines is 2. The number of rotatable bonds is 2. The predicted octanol–water partition coefficient (Wildman–Crippen LogP) is 0.0324. The Bertz CT molecular complexity index is 415. The molecule has 1 aromatic heterocycles. The minimum Gasteiger partial charge on any atom is -0.382 e. The second-order valence-corrected chi connectivity index (χ2v) is 3.31. The average molecular weight is 214 g/mol. The van der Waals surface area contributed by atoms with Gasteiger partial charge in [-0.3, -0.25) is 14.6 Å². The predicted molar refractivity (Wildman–Crippen MR) is 55.4 cm³/mol. The lowest BCUT2D eigenvalue weighted by Crippen LogP contribution is -2.21. The normalized spacial score (nSPS) is 9.86. The summed E-state index contributed by atoms with van der Waals surface area (Å²) < 4.78 is 0. The molecule has 0 aliphatic carbocycles. The number of thioether (sulfide) groups is 1. The number of nitrogens with one attached hydrogen (secondary N) is 2. The van der Waals surface area contributed by atoms with Crippen molar-refractivity contribution in [1.82, 2.24) is 9.97 Å². The monoisotopic (exact) mass is 214 g/mol. The van der Waals surface area contributed by atoms with E-state index < -0.39 is 5.56 Å². The molecule has 0 saturated heterocycles. The van der Waals surface area contributed by atoms with Crippen LogP contribution < -0.4 is 16.6 Å². The molecule has 6 nitrogen and oxygen atoms in total. The Morgan fingerprint density at radius 3 is 2.71 bits per heavy atom. The number of carbonyl (C=O) groups is 1. The van der Waals surface area contributed by atoms with Crippen LogP contribution in [0.25, 0.3) is 0 Å². The van der Waals surface area contributed by atoms with Gasteiger partial charge in [0.05, 0.1) is 0 Å². The van der Waals surface area contributed by atoms with Gasteiger partial charge >= 0.3 is 0 Å². The van der Waals surface area contributed by atoms with E-state index in [0.29, 0.717) is 5.16 Å². The SMILES string of the molecule is CSc1nc(N)c(NC(C)=O)c(=O)[nH]1. The van der Waals surface area contributed by atoms with Crippen LogP contribution >= 0.6 is 11.8 Å². The third kappa shape index (κ3) is 2.25. The fourth-order valence-corrected chi connectivity index (χ4v) is 1.25. The van der Waals surface area contributed by atoms with Crippen LogP contribution in [-0.4, -0.2) is 22.1 Å². The van der Waals surface area contributed by atoms with Crippen LogP contribution in [0, 0.1) is 0 Å². The van der Waals surface area contributed by atoms with Gasteiger partial charge in [-0.05, 0) is 6.26 Å². The molecule has 0 radical (unpaired) electrons.